The van der Waals surface area contributed by atoms with Crippen LogP contribution in [0.15, 0.2) is 24.3 Å². The quantitative estimate of drug-likeness (QED) is 0.681. The van der Waals surface area contributed by atoms with E-state index in [1.54, 1.807) is 12.1 Å². The molecule has 2 atom stereocenters. The van der Waals surface area contributed by atoms with E-state index in [1.165, 1.54) is 11.3 Å². The minimum absolute atomic E-state index is 0. The molecule has 1 saturated carbocycles. The Morgan fingerprint density at radius 1 is 1.33 bits per heavy atom. The van der Waals surface area contributed by atoms with Crippen molar-refractivity contribution in [1.82, 2.24) is 10.3 Å². The molecular weight excluding hydrogens is 429 g/mol. The summed E-state index contributed by atoms with van der Waals surface area (Å²) in [5, 5.41) is 4.57. The van der Waals surface area contributed by atoms with E-state index in [0.717, 1.165) is 35.7 Å². The van der Waals surface area contributed by atoms with Crippen LogP contribution in [-0.2, 0) is 6.61 Å². The number of rotatable bonds is 6. The molecule has 1 fully saturated rings. The molecular formula is C18H24Cl3N3O2S. The third-order valence-corrected chi connectivity index (χ3v) is 5.88. The first-order valence-electron chi connectivity index (χ1n) is 8.42. The number of thiazole rings is 1. The highest BCUT2D eigenvalue weighted by Gasteiger charge is 2.28. The summed E-state index contributed by atoms with van der Waals surface area (Å²) in [4.78, 5) is 17.7. The number of nitrogens with two attached hydrogens (primary N) is 1. The molecule has 0 bridgehead atoms. The van der Waals surface area contributed by atoms with Gasteiger partial charge in [-0.05, 0) is 56.5 Å². The average molecular weight is 453 g/mol. The molecule has 1 aliphatic rings. The highest BCUT2D eigenvalue weighted by atomic mass is 35.5. The van der Waals surface area contributed by atoms with Crippen molar-refractivity contribution < 1.29 is 9.53 Å². The van der Waals surface area contributed by atoms with E-state index in [0.29, 0.717) is 29.0 Å². The fraction of sp³-hybridized carbons (Fsp3) is 0.444. The second-order valence-electron chi connectivity index (χ2n) is 6.27. The predicted octanol–water partition coefficient (Wildman–Crippen LogP) is 4.38. The van der Waals surface area contributed by atoms with Crippen LogP contribution in [0.25, 0.3) is 0 Å². The van der Waals surface area contributed by atoms with Crippen LogP contribution >= 0.6 is 47.8 Å². The highest BCUT2D eigenvalue weighted by molar-refractivity contribution is 7.13. The van der Waals surface area contributed by atoms with Gasteiger partial charge in [0.05, 0.1) is 5.69 Å². The fourth-order valence-corrected chi connectivity index (χ4v) is 4.15. The molecule has 3 N–H and O–H groups in total. The summed E-state index contributed by atoms with van der Waals surface area (Å²) in [7, 11) is 0. The minimum Gasteiger partial charge on any atom is -0.486 e. The van der Waals surface area contributed by atoms with Gasteiger partial charge in [-0.25, -0.2) is 4.98 Å². The van der Waals surface area contributed by atoms with E-state index < -0.39 is 0 Å². The molecule has 2 unspecified atom stereocenters. The monoisotopic (exact) mass is 451 g/mol. The standard InChI is InChI=1S/C18H22ClN3O2S.2ClH/c1-11-17(18(23)22-15-4-2-3-12(15)9-20)25-16(21-11)10-24-14-7-5-13(19)6-8-14;;/h5-8,12,15H,2-4,9-10,20H2,1H3,(H,22,23);2*1H. The second-order valence-corrected chi connectivity index (χ2v) is 7.79. The van der Waals surface area contributed by atoms with Gasteiger partial charge in [0.1, 0.15) is 22.2 Å². The lowest BCUT2D eigenvalue weighted by Crippen LogP contribution is -2.39. The van der Waals surface area contributed by atoms with Crippen molar-refractivity contribution in [1.29, 1.82) is 0 Å². The summed E-state index contributed by atoms with van der Waals surface area (Å²) in [6, 6.07) is 7.34. The van der Waals surface area contributed by atoms with Gasteiger partial charge in [0.15, 0.2) is 0 Å². The van der Waals surface area contributed by atoms with Crippen molar-refractivity contribution in [3.05, 3.63) is 44.9 Å². The first kappa shape index (κ1) is 24.0. The Morgan fingerprint density at radius 2 is 2.04 bits per heavy atom. The lowest BCUT2D eigenvalue weighted by Gasteiger charge is -2.19. The van der Waals surface area contributed by atoms with Crippen LogP contribution in [0.5, 0.6) is 5.75 Å². The molecule has 1 aromatic heterocycles. The number of aryl methyl sites for hydroxylation is 1. The van der Waals surface area contributed by atoms with Gasteiger partial charge in [0.25, 0.3) is 5.91 Å². The zero-order valence-electron chi connectivity index (χ0n) is 14.9. The number of halogens is 3. The Balaban J connectivity index is 0.00000182. The first-order chi connectivity index (χ1) is 12.1. The Morgan fingerprint density at radius 3 is 2.70 bits per heavy atom. The van der Waals surface area contributed by atoms with Gasteiger partial charge in [-0.2, -0.15) is 0 Å². The van der Waals surface area contributed by atoms with Crippen molar-refractivity contribution in [2.24, 2.45) is 11.7 Å². The molecule has 0 spiro atoms. The topological polar surface area (TPSA) is 77.2 Å². The molecule has 1 aliphatic carbocycles. The lowest BCUT2D eigenvalue weighted by molar-refractivity contribution is 0.0932. The van der Waals surface area contributed by atoms with Crippen molar-refractivity contribution in [2.45, 2.75) is 38.8 Å². The molecule has 3 rings (SSSR count). The van der Waals surface area contributed by atoms with Crippen LogP contribution in [0.3, 0.4) is 0 Å². The van der Waals surface area contributed by atoms with E-state index >= 15 is 0 Å². The number of benzene rings is 1. The Kier molecular flexibility index (Phi) is 9.84. The summed E-state index contributed by atoms with van der Waals surface area (Å²) in [6.07, 6.45) is 3.20. The summed E-state index contributed by atoms with van der Waals surface area (Å²) < 4.78 is 5.70. The van der Waals surface area contributed by atoms with Crippen molar-refractivity contribution in [3.63, 3.8) is 0 Å². The number of amides is 1. The molecule has 1 heterocycles. The molecule has 2 aromatic rings. The Bertz CT molecular complexity index is 740. The number of hydrogen-bond donors (Lipinski definition) is 2. The second kappa shape index (κ2) is 11.1. The smallest absolute Gasteiger partial charge is 0.263 e. The maximum absolute atomic E-state index is 12.6. The zero-order chi connectivity index (χ0) is 17.8. The summed E-state index contributed by atoms with van der Waals surface area (Å²) in [5.41, 5.74) is 6.53. The fourth-order valence-electron chi connectivity index (χ4n) is 3.14. The number of nitrogens with zero attached hydrogens (tertiary/aromatic N) is 1. The first-order valence-corrected chi connectivity index (χ1v) is 9.62. The van der Waals surface area contributed by atoms with Gasteiger partial charge in [0, 0.05) is 11.1 Å². The van der Waals surface area contributed by atoms with E-state index in [4.69, 9.17) is 22.1 Å². The summed E-state index contributed by atoms with van der Waals surface area (Å²) in [5.74, 6) is 1.04. The highest BCUT2D eigenvalue weighted by Crippen LogP contribution is 2.26. The van der Waals surface area contributed by atoms with Gasteiger partial charge in [-0.15, -0.1) is 36.2 Å². The molecule has 0 saturated heterocycles. The maximum atomic E-state index is 12.6. The SMILES string of the molecule is Cc1nc(COc2ccc(Cl)cc2)sc1C(=O)NC1CCCC1CN.Cl.Cl. The van der Waals surface area contributed by atoms with Gasteiger partial charge < -0.3 is 15.8 Å². The number of aromatic nitrogens is 1. The van der Waals surface area contributed by atoms with E-state index in [-0.39, 0.29) is 36.8 Å². The van der Waals surface area contributed by atoms with E-state index in [1.807, 2.05) is 19.1 Å². The zero-order valence-corrected chi connectivity index (χ0v) is 18.1. The molecule has 150 valence electrons. The molecule has 0 radical (unpaired) electrons. The van der Waals surface area contributed by atoms with Gasteiger partial charge >= 0.3 is 0 Å². The van der Waals surface area contributed by atoms with Crippen LogP contribution in [0.1, 0.15) is 39.6 Å². The maximum Gasteiger partial charge on any atom is 0.263 e. The number of carbonyl (C=O) groups is 1. The molecule has 1 amide bonds. The predicted molar refractivity (Wildman–Crippen MR) is 115 cm³/mol. The molecule has 0 aliphatic heterocycles. The van der Waals surface area contributed by atoms with Crippen LogP contribution in [0, 0.1) is 12.8 Å². The van der Waals surface area contributed by atoms with Crippen LogP contribution in [-0.4, -0.2) is 23.5 Å². The lowest BCUT2D eigenvalue weighted by atomic mass is 10.0. The molecule has 1 aromatic carbocycles. The van der Waals surface area contributed by atoms with Crippen LogP contribution in [0.2, 0.25) is 5.02 Å². The number of hydrogen-bond acceptors (Lipinski definition) is 5. The minimum atomic E-state index is -0.0573. The Labute approximate surface area is 180 Å². The van der Waals surface area contributed by atoms with Gasteiger partial charge in [0.2, 0.25) is 0 Å². The van der Waals surface area contributed by atoms with E-state index in [9.17, 15) is 4.79 Å². The van der Waals surface area contributed by atoms with Crippen LogP contribution < -0.4 is 15.8 Å². The average Bonchev–Trinajstić information content (AvgIpc) is 3.20. The third-order valence-electron chi connectivity index (χ3n) is 4.50. The molecule has 27 heavy (non-hydrogen) atoms. The number of nitrogens with one attached hydrogen (secondary N) is 1. The molecule has 9 heteroatoms. The Hall–Kier alpha value is -1.05. The van der Waals surface area contributed by atoms with Crippen molar-refractivity contribution >= 4 is 53.7 Å². The normalized spacial score (nSPS) is 18.3. The summed E-state index contributed by atoms with van der Waals surface area (Å²) in [6.45, 7) is 2.80. The van der Waals surface area contributed by atoms with Crippen molar-refractivity contribution in [3.8, 4) is 5.75 Å². The van der Waals surface area contributed by atoms with Crippen LogP contribution in [0.4, 0.5) is 0 Å². The number of ether oxygens (including phenoxy) is 1. The van der Waals surface area contributed by atoms with Crippen molar-refractivity contribution in [2.75, 3.05) is 6.54 Å². The van der Waals surface area contributed by atoms with Gasteiger partial charge in [-0.1, -0.05) is 18.0 Å². The summed E-state index contributed by atoms with van der Waals surface area (Å²) >= 11 is 7.24. The van der Waals surface area contributed by atoms with Gasteiger partial charge in [-0.3, -0.25) is 4.79 Å². The third kappa shape index (κ3) is 6.22. The molecule has 5 nitrogen and oxygen atoms in total. The number of carbonyl (C=O) groups excluding carboxylic acids is 1. The van der Waals surface area contributed by atoms with E-state index in [2.05, 4.69) is 10.3 Å². The largest absolute Gasteiger partial charge is 0.486 e.